The van der Waals surface area contributed by atoms with E-state index < -0.39 is 0 Å². The van der Waals surface area contributed by atoms with Crippen molar-refractivity contribution >= 4 is 5.91 Å². The van der Waals surface area contributed by atoms with Crippen LogP contribution in [0.25, 0.3) is 0 Å². The number of methoxy groups -OCH3 is 3. The molecule has 0 bridgehead atoms. The molecule has 28 heavy (non-hydrogen) atoms. The first-order chi connectivity index (χ1) is 13.6. The van der Waals surface area contributed by atoms with Crippen LogP contribution in [0.4, 0.5) is 0 Å². The van der Waals surface area contributed by atoms with Crippen LogP contribution in [0.3, 0.4) is 0 Å². The smallest absolute Gasteiger partial charge is 0.227 e. The summed E-state index contributed by atoms with van der Waals surface area (Å²) in [4.78, 5) is 16.9. The second kappa shape index (κ2) is 9.46. The van der Waals surface area contributed by atoms with Crippen LogP contribution in [0.1, 0.15) is 11.1 Å². The Bertz CT molecular complexity index is 784. The predicted molar refractivity (Wildman–Crippen MR) is 108 cm³/mol. The first-order valence-electron chi connectivity index (χ1n) is 9.47. The molecule has 2 aromatic rings. The van der Waals surface area contributed by atoms with E-state index in [1.54, 1.807) is 21.3 Å². The Morgan fingerprint density at radius 3 is 2.11 bits per heavy atom. The van der Waals surface area contributed by atoms with Gasteiger partial charge in [-0.15, -0.1) is 0 Å². The van der Waals surface area contributed by atoms with Gasteiger partial charge in [0.05, 0.1) is 27.8 Å². The Labute approximate surface area is 166 Å². The number of amides is 1. The van der Waals surface area contributed by atoms with Crippen molar-refractivity contribution in [2.45, 2.75) is 13.0 Å². The van der Waals surface area contributed by atoms with Crippen LogP contribution in [0.5, 0.6) is 17.2 Å². The SMILES string of the molecule is COc1ccc(CC(=O)N2CCN(Cc3cc(OC)ccc3OC)CC2)cc1. The lowest BCUT2D eigenvalue weighted by molar-refractivity contribution is -0.132. The predicted octanol–water partition coefficient (Wildman–Crippen LogP) is 2.60. The molecule has 1 amide bonds. The van der Waals surface area contributed by atoms with E-state index in [2.05, 4.69) is 4.90 Å². The maximum Gasteiger partial charge on any atom is 0.227 e. The molecule has 1 aliphatic rings. The Morgan fingerprint density at radius 1 is 0.857 bits per heavy atom. The number of nitrogens with zero attached hydrogens (tertiary/aromatic N) is 2. The number of hydrogen-bond donors (Lipinski definition) is 0. The van der Waals surface area contributed by atoms with Gasteiger partial charge in [-0.05, 0) is 35.9 Å². The van der Waals surface area contributed by atoms with Crippen molar-refractivity contribution in [1.82, 2.24) is 9.80 Å². The Morgan fingerprint density at radius 2 is 1.50 bits per heavy atom. The van der Waals surface area contributed by atoms with E-state index in [4.69, 9.17) is 14.2 Å². The van der Waals surface area contributed by atoms with E-state index in [9.17, 15) is 4.79 Å². The van der Waals surface area contributed by atoms with Crippen LogP contribution in [-0.4, -0.2) is 63.2 Å². The second-order valence-corrected chi connectivity index (χ2v) is 6.86. The van der Waals surface area contributed by atoms with Gasteiger partial charge in [0.1, 0.15) is 17.2 Å². The summed E-state index contributed by atoms with van der Waals surface area (Å²) >= 11 is 0. The van der Waals surface area contributed by atoms with E-state index in [1.807, 2.05) is 47.4 Å². The molecule has 0 aliphatic carbocycles. The van der Waals surface area contributed by atoms with Gasteiger partial charge in [0.2, 0.25) is 5.91 Å². The van der Waals surface area contributed by atoms with Crippen molar-refractivity contribution in [3.05, 3.63) is 53.6 Å². The zero-order valence-electron chi connectivity index (χ0n) is 16.8. The Hall–Kier alpha value is -2.73. The molecular formula is C22H28N2O4. The molecule has 6 nitrogen and oxygen atoms in total. The summed E-state index contributed by atoms with van der Waals surface area (Å²) in [5.74, 6) is 2.66. The molecule has 0 N–H and O–H groups in total. The standard InChI is InChI=1S/C22H28N2O4/c1-26-19-6-4-17(5-7-19)14-22(25)24-12-10-23(11-13-24)16-18-15-20(27-2)8-9-21(18)28-3/h4-9,15H,10-14,16H2,1-3H3. The molecule has 0 atom stereocenters. The maximum atomic E-state index is 12.6. The van der Waals surface area contributed by atoms with Crippen LogP contribution in [0.2, 0.25) is 0 Å². The van der Waals surface area contributed by atoms with Crippen molar-refractivity contribution in [2.75, 3.05) is 47.5 Å². The zero-order valence-corrected chi connectivity index (χ0v) is 16.8. The lowest BCUT2D eigenvalue weighted by atomic mass is 10.1. The van der Waals surface area contributed by atoms with Gasteiger partial charge in [0.25, 0.3) is 0 Å². The molecule has 3 rings (SSSR count). The molecule has 1 saturated heterocycles. The summed E-state index contributed by atoms with van der Waals surface area (Å²) in [7, 11) is 4.99. The molecule has 0 aromatic heterocycles. The Kier molecular flexibility index (Phi) is 6.76. The normalized spacial score (nSPS) is 14.6. The van der Waals surface area contributed by atoms with E-state index >= 15 is 0 Å². The summed E-state index contributed by atoms with van der Waals surface area (Å²) < 4.78 is 16.0. The number of rotatable bonds is 7. The molecule has 0 unspecified atom stereocenters. The quantitative estimate of drug-likeness (QED) is 0.735. The van der Waals surface area contributed by atoms with Crippen molar-refractivity contribution in [2.24, 2.45) is 0 Å². The summed E-state index contributed by atoms with van der Waals surface area (Å²) in [6.45, 7) is 3.94. The third-order valence-electron chi connectivity index (χ3n) is 5.12. The summed E-state index contributed by atoms with van der Waals surface area (Å²) in [5, 5.41) is 0. The fourth-order valence-corrected chi connectivity index (χ4v) is 3.43. The highest BCUT2D eigenvalue weighted by atomic mass is 16.5. The van der Waals surface area contributed by atoms with Crippen molar-refractivity contribution in [3.63, 3.8) is 0 Å². The fraction of sp³-hybridized carbons (Fsp3) is 0.409. The average Bonchev–Trinajstić information content (AvgIpc) is 2.74. The van der Waals surface area contributed by atoms with Gasteiger partial charge in [0, 0.05) is 38.3 Å². The van der Waals surface area contributed by atoms with Crippen LogP contribution < -0.4 is 14.2 Å². The molecule has 150 valence electrons. The largest absolute Gasteiger partial charge is 0.497 e. The highest BCUT2D eigenvalue weighted by Crippen LogP contribution is 2.25. The molecule has 0 radical (unpaired) electrons. The number of carbonyl (C=O) groups excluding carboxylic acids is 1. The minimum Gasteiger partial charge on any atom is -0.497 e. The molecule has 1 heterocycles. The summed E-state index contributed by atoms with van der Waals surface area (Å²) in [6, 6.07) is 13.5. The number of carbonyl (C=O) groups is 1. The average molecular weight is 384 g/mol. The number of ether oxygens (including phenoxy) is 3. The zero-order chi connectivity index (χ0) is 19.9. The number of benzene rings is 2. The van der Waals surface area contributed by atoms with E-state index in [0.717, 1.165) is 61.1 Å². The molecular weight excluding hydrogens is 356 g/mol. The van der Waals surface area contributed by atoms with Gasteiger partial charge in [0.15, 0.2) is 0 Å². The van der Waals surface area contributed by atoms with Crippen LogP contribution >= 0.6 is 0 Å². The van der Waals surface area contributed by atoms with Gasteiger partial charge < -0.3 is 19.1 Å². The minimum absolute atomic E-state index is 0.170. The van der Waals surface area contributed by atoms with Gasteiger partial charge in [-0.25, -0.2) is 0 Å². The van der Waals surface area contributed by atoms with Crippen molar-refractivity contribution in [3.8, 4) is 17.2 Å². The highest BCUT2D eigenvalue weighted by Gasteiger charge is 2.22. The maximum absolute atomic E-state index is 12.6. The molecule has 1 aliphatic heterocycles. The number of piperazine rings is 1. The third-order valence-corrected chi connectivity index (χ3v) is 5.12. The molecule has 6 heteroatoms. The Balaban J connectivity index is 1.53. The third kappa shape index (κ3) is 4.95. The molecule has 0 spiro atoms. The molecule has 0 saturated carbocycles. The van der Waals surface area contributed by atoms with Crippen LogP contribution in [-0.2, 0) is 17.8 Å². The summed E-state index contributed by atoms with van der Waals surface area (Å²) in [6.07, 6.45) is 0.424. The monoisotopic (exact) mass is 384 g/mol. The van der Waals surface area contributed by atoms with E-state index in [0.29, 0.717) is 6.42 Å². The second-order valence-electron chi connectivity index (χ2n) is 6.86. The number of hydrogen-bond acceptors (Lipinski definition) is 5. The van der Waals surface area contributed by atoms with Gasteiger partial charge >= 0.3 is 0 Å². The lowest BCUT2D eigenvalue weighted by Crippen LogP contribution is -2.48. The topological polar surface area (TPSA) is 51.2 Å². The van der Waals surface area contributed by atoms with Gasteiger partial charge in [-0.1, -0.05) is 12.1 Å². The van der Waals surface area contributed by atoms with Gasteiger partial charge in [-0.3, -0.25) is 9.69 Å². The fourth-order valence-electron chi connectivity index (χ4n) is 3.43. The lowest BCUT2D eigenvalue weighted by Gasteiger charge is -2.35. The minimum atomic E-state index is 0.170. The molecule has 2 aromatic carbocycles. The van der Waals surface area contributed by atoms with Crippen molar-refractivity contribution < 1.29 is 19.0 Å². The first-order valence-corrected chi connectivity index (χ1v) is 9.47. The first kappa shape index (κ1) is 20.0. The van der Waals surface area contributed by atoms with Gasteiger partial charge in [-0.2, -0.15) is 0 Å². The van der Waals surface area contributed by atoms with E-state index in [1.165, 1.54) is 0 Å². The van der Waals surface area contributed by atoms with Crippen LogP contribution in [0, 0.1) is 0 Å². The molecule has 1 fully saturated rings. The summed E-state index contributed by atoms with van der Waals surface area (Å²) in [5.41, 5.74) is 2.11. The van der Waals surface area contributed by atoms with Crippen molar-refractivity contribution in [1.29, 1.82) is 0 Å². The highest BCUT2D eigenvalue weighted by molar-refractivity contribution is 5.79. The van der Waals surface area contributed by atoms with Crippen LogP contribution in [0.15, 0.2) is 42.5 Å². The van der Waals surface area contributed by atoms with E-state index in [-0.39, 0.29) is 5.91 Å².